The molecule has 6 nitrogen and oxygen atoms in total. The van der Waals surface area contributed by atoms with Crippen molar-refractivity contribution in [3.63, 3.8) is 0 Å². The fourth-order valence-electron chi connectivity index (χ4n) is 6.87. The van der Waals surface area contributed by atoms with Crippen LogP contribution in [-0.4, -0.2) is 19.9 Å². The van der Waals surface area contributed by atoms with E-state index in [4.69, 9.17) is 11.5 Å². The monoisotopic (exact) mass is 674 g/mol. The zero-order valence-electron chi connectivity index (χ0n) is 30.2. The van der Waals surface area contributed by atoms with E-state index < -0.39 is 0 Å². The van der Waals surface area contributed by atoms with Crippen LogP contribution < -0.4 is 11.5 Å². The minimum absolute atomic E-state index is 0.448. The zero-order chi connectivity index (χ0) is 36.5. The van der Waals surface area contributed by atoms with Crippen LogP contribution in [0.5, 0.6) is 0 Å². The van der Waals surface area contributed by atoms with Crippen LogP contribution in [0.2, 0.25) is 0 Å². The van der Waals surface area contributed by atoms with E-state index in [1.165, 1.54) is 33.4 Å². The summed E-state index contributed by atoms with van der Waals surface area (Å²) in [6.45, 7) is 12.6. The number of nitrogens with zero attached hydrogens (tertiary/aromatic N) is 4. The van der Waals surface area contributed by atoms with Gasteiger partial charge in [-0.15, -0.1) is 0 Å². The molecule has 0 amide bonds. The van der Waals surface area contributed by atoms with Crippen LogP contribution in [0, 0.1) is 65.2 Å². The Kier molecular flexibility index (Phi) is 8.99. The van der Waals surface area contributed by atoms with Gasteiger partial charge in [-0.1, -0.05) is 95.5 Å². The first-order valence-electron chi connectivity index (χ1n) is 17.1. The lowest BCUT2D eigenvalue weighted by atomic mass is 10.00. The summed E-state index contributed by atoms with van der Waals surface area (Å²) in [5.41, 5.74) is 26.5. The van der Waals surface area contributed by atoms with Crippen molar-refractivity contribution in [2.45, 2.75) is 41.5 Å². The molecule has 0 aliphatic rings. The Morgan fingerprint density at radius 2 is 0.808 bits per heavy atom. The van der Waals surface area contributed by atoms with Crippen LogP contribution in [-0.2, 0) is 0 Å². The molecule has 0 saturated heterocycles. The molecule has 0 aliphatic carbocycles. The second kappa shape index (κ2) is 13.9. The number of anilines is 2. The molecule has 8 rings (SSSR count). The second-order valence-electron chi connectivity index (χ2n) is 13.3. The molecular formula is C46H38N6. The van der Waals surface area contributed by atoms with Crippen molar-refractivity contribution >= 4 is 55.2 Å². The number of hydrogen-bond acceptors (Lipinski definition) is 6. The molecule has 0 radical (unpaired) electrons. The first kappa shape index (κ1) is 33.7. The topological polar surface area (TPSA) is 104 Å². The van der Waals surface area contributed by atoms with Gasteiger partial charge in [0.1, 0.15) is 11.0 Å². The highest BCUT2D eigenvalue weighted by molar-refractivity contribution is 6.09. The number of fused-ring (bicyclic) bond motifs is 6. The van der Waals surface area contributed by atoms with Gasteiger partial charge in [-0.05, 0) is 88.1 Å². The van der Waals surface area contributed by atoms with Crippen LogP contribution in [0.25, 0.3) is 43.6 Å². The zero-order valence-corrected chi connectivity index (χ0v) is 30.2. The lowest BCUT2D eigenvalue weighted by molar-refractivity contribution is 1.29. The van der Waals surface area contributed by atoms with E-state index in [0.717, 1.165) is 65.9 Å². The van der Waals surface area contributed by atoms with Gasteiger partial charge in [-0.2, -0.15) is 0 Å². The molecule has 0 fully saturated rings. The SMILES string of the molecule is Cc1cc(C)c(C#Cc2cnc3c(N)nc4ccccc4c3c2)c(C)c1.Cc1cc(C)c(C#Cc2cnc3c(N)nc4ccccc4c3c2)c(C)c1. The summed E-state index contributed by atoms with van der Waals surface area (Å²) < 4.78 is 0. The van der Waals surface area contributed by atoms with Crippen LogP contribution in [0.1, 0.15) is 55.6 Å². The summed E-state index contributed by atoms with van der Waals surface area (Å²) in [4.78, 5) is 17.9. The van der Waals surface area contributed by atoms with Crippen molar-refractivity contribution in [1.82, 2.24) is 19.9 Å². The smallest absolute Gasteiger partial charge is 0.150 e. The molecule has 0 bridgehead atoms. The Morgan fingerprint density at radius 1 is 0.442 bits per heavy atom. The number of para-hydroxylation sites is 2. The van der Waals surface area contributed by atoms with Crippen molar-refractivity contribution < 1.29 is 0 Å². The molecule has 52 heavy (non-hydrogen) atoms. The fraction of sp³-hybridized carbons (Fsp3) is 0.130. The first-order valence-corrected chi connectivity index (χ1v) is 17.1. The third-order valence-electron chi connectivity index (χ3n) is 9.15. The number of aryl methyl sites for hydroxylation is 6. The van der Waals surface area contributed by atoms with Crippen LogP contribution in [0.4, 0.5) is 11.6 Å². The van der Waals surface area contributed by atoms with E-state index in [1.807, 2.05) is 48.5 Å². The molecule has 0 atom stereocenters. The minimum Gasteiger partial charge on any atom is -0.382 e. The van der Waals surface area contributed by atoms with Crippen molar-refractivity contribution in [3.8, 4) is 23.7 Å². The summed E-state index contributed by atoms with van der Waals surface area (Å²) >= 11 is 0. The highest BCUT2D eigenvalue weighted by atomic mass is 14.9. The normalized spacial score (nSPS) is 10.7. The van der Waals surface area contributed by atoms with Gasteiger partial charge in [0.2, 0.25) is 0 Å². The van der Waals surface area contributed by atoms with Gasteiger partial charge in [-0.3, -0.25) is 9.97 Å². The molecule has 252 valence electrons. The summed E-state index contributed by atoms with van der Waals surface area (Å²) in [5, 5.41) is 4.04. The Bertz CT molecular complexity index is 2600. The lowest BCUT2D eigenvalue weighted by Crippen LogP contribution is -1.96. The van der Waals surface area contributed by atoms with E-state index in [-0.39, 0.29) is 0 Å². The van der Waals surface area contributed by atoms with Gasteiger partial charge in [0.05, 0.1) is 11.0 Å². The van der Waals surface area contributed by atoms with Gasteiger partial charge in [0.25, 0.3) is 0 Å². The maximum Gasteiger partial charge on any atom is 0.150 e. The molecule has 8 aromatic rings. The molecule has 4 aromatic heterocycles. The highest BCUT2D eigenvalue weighted by Gasteiger charge is 2.09. The Labute approximate surface area is 304 Å². The Balaban J connectivity index is 0.000000162. The molecule has 0 spiro atoms. The predicted molar refractivity (Wildman–Crippen MR) is 216 cm³/mol. The van der Waals surface area contributed by atoms with Crippen molar-refractivity contribution in [1.29, 1.82) is 0 Å². The lowest BCUT2D eigenvalue weighted by Gasteiger charge is -2.06. The van der Waals surface area contributed by atoms with Crippen molar-refractivity contribution in [2.75, 3.05) is 11.5 Å². The molecule has 4 aromatic carbocycles. The minimum atomic E-state index is 0.448. The van der Waals surface area contributed by atoms with E-state index in [2.05, 4.69) is 122 Å². The van der Waals surface area contributed by atoms with Gasteiger partial charge < -0.3 is 11.5 Å². The van der Waals surface area contributed by atoms with Gasteiger partial charge >= 0.3 is 0 Å². The molecule has 0 saturated carbocycles. The third kappa shape index (κ3) is 6.71. The average molecular weight is 675 g/mol. The van der Waals surface area contributed by atoms with Crippen molar-refractivity contribution in [3.05, 3.63) is 153 Å². The van der Waals surface area contributed by atoms with Gasteiger partial charge in [-0.25, -0.2) is 9.97 Å². The quantitative estimate of drug-likeness (QED) is 0.123. The molecule has 4 N–H and O–H groups in total. The number of benzene rings is 4. The number of pyridine rings is 4. The Morgan fingerprint density at radius 3 is 1.19 bits per heavy atom. The highest BCUT2D eigenvalue weighted by Crippen LogP contribution is 2.28. The first-order chi connectivity index (χ1) is 25.0. The van der Waals surface area contributed by atoms with Gasteiger partial charge in [0.15, 0.2) is 11.6 Å². The summed E-state index contributed by atoms with van der Waals surface area (Å²) in [6.07, 6.45) is 3.53. The molecule has 4 heterocycles. The molecular weight excluding hydrogens is 637 g/mol. The van der Waals surface area contributed by atoms with E-state index in [1.54, 1.807) is 12.4 Å². The number of aromatic nitrogens is 4. The summed E-state index contributed by atoms with van der Waals surface area (Å²) in [6, 6.07) is 28.7. The molecule has 0 aliphatic heterocycles. The maximum absolute atomic E-state index is 6.08. The number of nitrogen functional groups attached to an aromatic ring is 2. The van der Waals surface area contributed by atoms with E-state index in [9.17, 15) is 0 Å². The summed E-state index contributed by atoms with van der Waals surface area (Å²) in [5.74, 6) is 14.1. The van der Waals surface area contributed by atoms with Crippen LogP contribution >= 0.6 is 0 Å². The predicted octanol–water partition coefficient (Wildman–Crippen LogP) is 9.38. The molecule has 0 unspecified atom stereocenters. The standard InChI is InChI=1S/2C23H19N3/c2*1-14-10-15(2)18(16(3)11-14)9-8-17-12-20-19-6-4-5-7-21(19)26-23(24)22(20)25-13-17/h2*4-7,10-13H,1-3H3,(H2,24,26). The second-order valence-corrected chi connectivity index (χ2v) is 13.3. The fourth-order valence-corrected chi connectivity index (χ4v) is 6.87. The van der Waals surface area contributed by atoms with E-state index >= 15 is 0 Å². The average Bonchev–Trinajstić information content (AvgIpc) is 3.11. The van der Waals surface area contributed by atoms with Crippen LogP contribution in [0.15, 0.2) is 97.3 Å². The number of rotatable bonds is 0. The third-order valence-corrected chi connectivity index (χ3v) is 9.15. The largest absolute Gasteiger partial charge is 0.382 e. The van der Waals surface area contributed by atoms with Gasteiger partial charge in [0, 0.05) is 56.2 Å². The number of nitrogens with two attached hydrogens (primary N) is 2. The maximum atomic E-state index is 6.08. The summed E-state index contributed by atoms with van der Waals surface area (Å²) in [7, 11) is 0. The van der Waals surface area contributed by atoms with Crippen molar-refractivity contribution in [2.24, 2.45) is 0 Å². The molecule has 6 heteroatoms. The van der Waals surface area contributed by atoms with Crippen LogP contribution in [0.3, 0.4) is 0 Å². The van der Waals surface area contributed by atoms with E-state index in [0.29, 0.717) is 11.6 Å². The number of hydrogen-bond donors (Lipinski definition) is 2. The Hall–Kier alpha value is -6.76.